The van der Waals surface area contributed by atoms with E-state index < -0.39 is 25.2 Å². The van der Waals surface area contributed by atoms with Crippen LogP contribution in [0.25, 0.3) is 10.9 Å². The number of methoxy groups -OCH3 is 1. The van der Waals surface area contributed by atoms with Crippen molar-refractivity contribution in [3.8, 4) is 5.75 Å². The van der Waals surface area contributed by atoms with Crippen LogP contribution in [0.3, 0.4) is 0 Å². The number of hydrogen-bond donors (Lipinski definition) is 1. The van der Waals surface area contributed by atoms with Crippen molar-refractivity contribution in [1.82, 2.24) is 15.3 Å². The van der Waals surface area contributed by atoms with Crippen molar-refractivity contribution in [2.24, 2.45) is 0 Å². The van der Waals surface area contributed by atoms with Gasteiger partial charge in [-0.25, -0.2) is 18.7 Å². The fourth-order valence-electron chi connectivity index (χ4n) is 3.21. The summed E-state index contributed by atoms with van der Waals surface area (Å²) in [4.78, 5) is 23.0. The second-order valence-corrected chi connectivity index (χ2v) is 9.24. The molecule has 3 aromatic rings. The van der Waals surface area contributed by atoms with Crippen molar-refractivity contribution in [3.63, 3.8) is 0 Å². The first kappa shape index (κ1) is 22.1. The molecular formula is C21H21F2N3O3S2. The molecule has 0 amide bonds. The minimum atomic E-state index is -2.89. The molecule has 1 fully saturated rings. The van der Waals surface area contributed by atoms with Crippen LogP contribution in [0.1, 0.15) is 26.5 Å². The topological polar surface area (TPSA) is 73.3 Å². The molecule has 6 nitrogen and oxygen atoms in total. The summed E-state index contributed by atoms with van der Waals surface area (Å²) in [5, 5.41) is 4.26. The van der Waals surface area contributed by atoms with Crippen LogP contribution in [-0.4, -0.2) is 54.2 Å². The second-order valence-electron chi connectivity index (χ2n) is 7.16. The smallest absolute Gasteiger partial charge is 0.283 e. The lowest BCUT2D eigenvalue weighted by atomic mass is 10.2. The van der Waals surface area contributed by atoms with E-state index in [1.807, 2.05) is 25.1 Å². The Kier molecular flexibility index (Phi) is 6.52. The number of thiophene rings is 1. The monoisotopic (exact) mass is 465 g/mol. The van der Waals surface area contributed by atoms with Crippen molar-refractivity contribution in [1.29, 1.82) is 0 Å². The van der Waals surface area contributed by atoms with Crippen molar-refractivity contribution in [2.45, 2.75) is 24.0 Å². The standard InChI is InChI=1S/C21H21F2N3O3S2/c1-12-25-15-4-3-13(28-2)7-14(15)20(26-12)30-9-16(27)18-5-6-19(31-18)17-8-24-10-21(22,23)11-29-17/h3-7,17,24H,8-11H2,1-2H3/t17-/m0/s1. The molecular weight excluding hydrogens is 444 g/mol. The average molecular weight is 466 g/mol. The van der Waals surface area contributed by atoms with E-state index in [9.17, 15) is 13.6 Å². The van der Waals surface area contributed by atoms with Gasteiger partial charge in [0.25, 0.3) is 5.92 Å². The lowest BCUT2D eigenvalue weighted by Gasteiger charge is -2.14. The predicted molar refractivity (Wildman–Crippen MR) is 117 cm³/mol. The molecule has 10 heteroatoms. The van der Waals surface area contributed by atoms with E-state index in [1.54, 1.807) is 19.2 Å². The van der Waals surface area contributed by atoms with Gasteiger partial charge >= 0.3 is 0 Å². The number of benzene rings is 1. The van der Waals surface area contributed by atoms with Crippen LogP contribution in [0.15, 0.2) is 35.4 Å². The van der Waals surface area contributed by atoms with Crippen LogP contribution in [0.5, 0.6) is 5.75 Å². The van der Waals surface area contributed by atoms with Gasteiger partial charge < -0.3 is 14.8 Å². The number of carbonyl (C=O) groups excluding carboxylic acids is 1. The normalized spacial score (nSPS) is 18.6. The molecule has 1 N–H and O–H groups in total. The van der Waals surface area contributed by atoms with Crippen molar-refractivity contribution in [3.05, 3.63) is 45.9 Å². The number of fused-ring (bicyclic) bond motifs is 1. The minimum Gasteiger partial charge on any atom is -0.497 e. The Morgan fingerprint density at radius 3 is 3.00 bits per heavy atom. The van der Waals surface area contributed by atoms with Crippen molar-refractivity contribution < 1.29 is 23.0 Å². The van der Waals surface area contributed by atoms with Gasteiger partial charge in [-0.3, -0.25) is 4.79 Å². The van der Waals surface area contributed by atoms with Gasteiger partial charge in [0.05, 0.1) is 29.8 Å². The summed E-state index contributed by atoms with van der Waals surface area (Å²) in [5.41, 5.74) is 0.788. The number of rotatable bonds is 6. The summed E-state index contributed by atoms with van der Waals surface area (Å²) in [6.45, 7) is 1.05. The van der Waals surface area contributed by atoms with E-state index in [4.69, 9.17) is 9.47 Å². The Morgan fingerprint density at radius 2 is 2.19 bits per heavy atom. The molecule has 1 atom stereocenters. The fraction of sp³-hybridized carbons (Fsp3) is 0.381. The lowest BCUT2D eigenvalue weighted by molar-refractivity contribution is -0.0775. The molecule has 0 bridgehead atoms. The Bertz CT molecular complexity index is 1110. The van der Waals surface area contributed by atoms with Crippen LogP contribution in [-0.2, 0) is 4.74 Å². The number of Topliss-reactive ketones (excluding diaryl/α,β-unsaturated/α-hetero) is 1. The van der Waals surface area contributed by atoms with Crippen LogP contribution < -0.4 is 10.1 Å². The number of aryl methyl sites for hydroxylation is 1. The summed E-state index contributed by atoms with van der Waals surface area (Å²) < 4.78 is 37.6. The van der Waals surface area contributed by atoms with E-state index in [-0.39, 0.29) is 18.1 Å². The molecule has 0 aliphatic carbocycles. The van der Waals surface area contributed by atoms with E-state index in [0.29, 0.717) is 21.5 Å². The Balaban J connectivity index is 1.46. The number of thioether (sulfide) groups is 1. The third-order valence-electron chi connectivity index (χ3n) is 4.75. The van der Waals surface area contributed by atoms with Gasteiger partial charge in [0.15, 0.2) is 5.78 Å². The molecule has 1 aromatic carbocycles. The maximum Gasteiger partial charge on any atom is 0.283 e. The molecule has 4 rings (SSSR count). The number of aromatic nitrogens is 2. The van der Waals surface area contributed by atoms with Gasteiger partial charge in [0.1, 0.15) is 29.3 Å². The molecule has 1 aliphatic heterocycles. The third-order valence-corrected chi connectivity index (χ3v) is 6.96. The average Bonchev–Trinajstić information content (AvgIpc) is 3.16. The summed E-state index contributed by atoms with van der Waals surface area (Å²) in [5.74, 6) is -1.42. The highest BCUT2D eigenvalue weighted by Crippen LogP contribution is 2.32. The van der Waals surface area contributed by atoms with Gasteiger partial charge in [0, 0.05) is 16.8 Å². The zero-order chi connectivity index (χ0) is 22.0. The number of hydrogen-bond acceptors (Lipinski definition) is 8. The van der Waals surface area contributed by atoms with E-state index >= 15 is 0 Å². The maximum atomic E-state index is 13.5. The highest BCUT2D eigenvalue weighted by Gasteiger charge is 2.34. The van der Waals surface area contributed by atoms with Crippen molar-refractivity contribution >= 4 is 39.8 Å². The first-order valence-electron chi connectivity index (χ1n) is 9.63. The van der Waals surface area contributed by atoms with Crippen molar-refractivity contribution in [2.75, 3.05) is 32.6 Å². The highest BCUT2D eigenvalue weighted by atomic mass is 32.2. The first-order valence-corrected chi connectivity index (χ1v) is 11.4. The van der Waals surface area contributed by atoms with Gasteiger partial charge in [-0.1, -0.05) is 11.8 Å². The summed E-state index contributed by atoms with van der Waals surface area (Å²) in [6, 6.07) is 9.05. The van der Waals surface area contributed by atoms with E-state index in [1.165, 1.54) is 23.1 Å². The Morgan fingerprint density at radius 1 is 1.35 bits per heavy atom. The minimum absolute atomic E-state index is 0.0551. The molecule has 0 saturated carbocycles. The zero-order valence-corrected chi connectivity index (χ0v) is 18.6. The van der Waals surface area contributed by atoms with Crippen LogP contribution in [0.2, 0.25) is 0 Å². The van der Waals surface area contributed by atoms with Gasteiger partial charge in [-0.15, -0.1) is 11.3 Å². The number of ketones is 1. The fourth-order valence-corrected chi connectivity index (χ4v) is 5.23. The first-order chi connectivity index (χ1) is 14.8. The van der Waals surface area contributed by atoms with E-state index in [2.05, 4.69) is 15.3 Å². The number of ether oxygens (including phenoxy) is 2. The van der Waals surface area contributed by atoms with Crippen LogP contribution >= 0.6 is 23.1 Å². The molecule has 31 heavy (non-hydrogen) atoms. The number of nitrogens with one attached hydrogen (secondary N) is 1. The molecule has 2 aromatic heterocycles. The Labute approximate surface area is 186 Å². The molecule has 3 heterocycles. The molecule has 0 unspecified atom stereocenters. The zero-order valence-electron chi connectivity index (χ0n) is 17.0. The summed E-state index contributed by atoms with van der Waals surface area (Å²) >= 11 is 2.62. The number of alkyl halides is 2. The van der Waals surface area contributed by atoms with Crippen LogP contribution in [0.4, 0.5) is 8.78 Å². The van der Waals surface area contributed by atoms with Crippen LogP contribution in [0, 0.1) is 6.92 Å². The number of nitrogens with zero attached hydrogens (tertiary/aromatic N) is 2. The molecule has 1 aliphatic rings. The van der Waals surface area contributed by atoms with E-state index in [0.717, 1.165) is 15.8 Å². The molecule has 0 spiro atoms. The van der Waals surface area contributed by atoms with Gasteiger partial charge in [-0.2, -0.15) is 0 Å². The molecule has 0 radical (unpaired) electrons. The SMILES string of the molecule is COc1ccc2nc(C)nc(SCC(=O)c3ccc([C@@H]4CNCC(F)(F)CO4)s3)c2c1. The van der Waals surface area contributed by atoms with Gasteiger partial charge in [0.2, 0.25) is 0 Å². The van der Waals surface area contributed by atoms with Gasteiger partial charge in [-0.05, 0) is 37.3 Å². The predicted octanol–water partition coefficient (Wildman–Crippen LogP) is 4.28. The summed E-state index contributed by atoms with van der Waals surface area (Å²) in [7, 11) is 1.59. The highest BCUT2D eigenvalue weighted by molar-refractivity contribution is 8.00. The Hall–Kier alpha value is -2.14. The number of halogens is 2. The second kappa shape index (κ2) is 9.15. The largest absolute Gasteiger partial charge is 0.497 e. The summed E-state index contributed by atoms with van der Waals surface area (Å²) in [6.07, 6.45) is -0.492. The maximum absolute atomic E-state index is 13.5. The third kappa shape index (κ3) is 5.20. The lowest BCUT2D eigenvalue weighted by Crippen LogP contribution is -2.33. The quantitative estimate of drug-likeness (QED) is 0.331. The molecule has 1 saturated heterocycles. The number of carbonyl (C=O) groups is 1. The molecule has 164 valence electrons.